The minimum Gasteiger partial charge on any atom is -0.399 e. The van der Waals surface area contributed by atoms with Crippen LogP contribution in [0.15, 0.2) is 42.7 Å². The lowest BCUT2D eigenvalue weighted by molar-refractivity contribution is -0.0402. The van der Waals surface area contributed by atoms with Crippen LogP contribution in [0, 0.1) is 0 Å². The van der Waals surface area contributed by atoms with Crippen LogP contribution in [0.1, 0.15) is 5.56 Å². The largest absolute Gasteiger partial charge is 0.399 e. The van der Waals surface area contributed by atoms with Gasteiger partial charge in [0.05, 0.1) is 19.3 Å². The second-order valence-corrected chi connectivity index (χ2v) is 5.20. The zero-order chi connectivity index (χ0) is 13.8. The molecule has 1 unspecified atom stereocenters. The van der Waals surface area contributed by atoms with Gasteiger partial charge < -0.3 is 10.5 Å². The number of nitrogens with two attached hydrogens (primary N) is 1. The van der Waals surface area contributed by atoms with Crippen LogP contribution in [0.2, 0.25) is 0 Å². The van der Waals surface area contributed by atoms with E-state index in [-0.39, 0.29) is 30.9 Å². The molecular weight excluding hydrogens is 323 g/mol. The highest BCUT2D eigenvalue weighted by atomic mass is 35.5. The van der Waals surface area contributed by atoms with Crippen molar-refractivity contribution in [1.29, 1.82) is 0 Å². The van der Waals surface area contributed by atoms with Gasteiger partial charge in [0.25, 0.3) is 0 Å². The number of nitrogen functional groups attached to an aromatic ring is 1. The molecule has 0 bridgehead atoms. The lowest BCUT2D eigenvalue weighted by atomic mass is 10.1. The summed E-state index contributed by atoms with van der Waals surface area (Å²) < 4.78 is 7.74. The first-order valence-corrected chi connectivity index (χ1v) is 6.95. The Morgan fingerprint density at radius 3 is 2.86 bits per heavy atom. The van der Waals surface area contributed by atoms with Crippen molar-refractivity contribution in [3.05, 3.63) is 48.3 Å². The average molecular weight is 345 g/mol. The molecule has 5 nitrogen and oxygen atoms in total. The molecule has 1 saturated heterocycles. The van der Waals surface area contributed by atoms with Gasteiger partial charge in [0.15, 0.2) is 0 Å². The van der Waals surface area contributed by atoms with Gasteiger partial charge in [0.1, 0.15) is 0 Å². The number of ether oxygens (including phenoxy) is 1. The number of aromatic nitrogens is 2. The van der Waals surface area contributed by atoms with Crippen LogP contribution in [0.25, 0.3) is 0 Å². The molecule has 1 atom stereocenters. The lowest BCUT2D eigenvalue weighted by Gasteiger charge is -2.32. The summed E-state index contributed by atoms with van der Waals surface area (Å²) in [4.78, 5) is 2.41. The third-order valence-electron chi connectivity index (χ3n) is 3.53. The Labute approximate surface area is 143 Å². The van der Waals surface area contributed by atoms with Gasteiger partial charge in [-0.2, -0.15) is 5.10 Å². The number of benzene rings is 1. The van der Waals surface area contributed by atoms with Gasteiger partial charge in [-0.1, -0.05) is 12.1 Å². The number of hydrogen-bond donors (Lipinski definition) is 1. The molecule has 1 aliphatic heterocycles. The predicted molar refractivity (Wildman–Crippen MR) is 92.6 cm³/mol. The van der Waals surface area contributed by atoms with Gasteiger partial charge in [0, 0.05) is 37.7 Å². The molecule has 0 spiro atoms. The van der Waals surface area contributed by atoms with E-state index in [0.29, 0.717) is 0 Å². The van der Waals surface area contributed by atoms with E-state index in [4.69, 9.17) is 10.5 Å². The summed E-state index contributed by atoms with van der Waals surface area (Å²) in [5.74, 6) is 0. The van der Waals surface area contributed by atoms with E-state index >= 15 is 0 Å². The van der Waals surface area contributed by atoms with Gasteiger partial charge in [-0.05, 0) is 23.8 Å². The van der Waals surface area contributed by atoms with Crippen molar-refractivity contribution in [3.8, 4) is 0 Å². The van der Waals surface area contributed by atoms with Crippen molar-refractivity contribution in [3.63, 3.8) is 0 Å². The Kier molecular flexibility index (Phi) is 7.68. The van der Waals surface area contributed by atoms with E-state index in [1.54, 1.807) is 6.20 Å². The van der Waals surface area contributed by atoms with E-state index in [0.717, 1.165) is 38.5 Å². The zero-order valence-corrected chi connectivity index (χ0v) is 13.9. The van der Waals surface area contributed by atoms with Crippen molar-refractivity contribution in [2.24, 2.45) is 0 Å². The standard InChI is InChI=1S/C15H20N4O.2ClH/c16-14-4-1-3-13(9-14)10-18-7-8-20-15(11-18)12-19-6-2-5-17-19;;/h1-6,9,15H,7-8,10-12,16H2;2*1H. The molecule has 3 rings (SSSR count). The topological polar surface area (TPSA) is 56.3 Å². The third-order valence-corrected chi connectivity index (χ3v) is 3.53. The highest BCUT2D eigenvalue weighted by molar-refractivity contribution is 5.85. The van der Waals surface area contributed by atoms with Gasteiger partial charge in [-0.25, -0.2) is 0 Å². The number of halogens is 2. The Hall–Kier alpha value is -1.27. The van der Waals surface area contributed by atoms with Gasteiger partial charge in [-0.3, -0.25) is 9.58 Å². The van der Waals surface area contributed by atoms with Crippen LogP contribution in [0.5, 0.6) is 0 Å². The minimum atomic E-state index is 0. The summed E-state index contributed by atoms with van der Waals surface area (Å²) in [7, 11) is 0. The molecular formula is C15H22Cl2N4O. The van der Waals surface area contributed by atoms with Crippen molar-refractivity contribution >= 4 is 30.5 Å². The maximum Gasteiger partial charge on any atom is 0.0898 e. The molecule has 2 heterocycles. The molecule has 0 amide bonds. The first-order chi connectivity index (χ1) is 9.79. The summed E-state index contributed by atoms with van der Waals surface area (Å²) in [6.45, 7) is 4.39. The zero-order valence-electron chi connectivity index (χ0n) is 12.3. The summed E-state index contributed by atoms with van der Waals surface area (Å²) in [6.07, 6.45) is 3.97. The Bertz CT molecular complexity index is 550. The molecule has 1 aliphatic rings. The molecule has 22 heavy (non-hydrogen) atoms. The van der Waals surface area contributed by atoms with Crippen LogP contribution < -0.4 is 5.73 Å². The average Bonchev–Trinajstić information content (AvgIpc) is 2.92. The Balaban J connectivity index is 0.00000121. The number of nitrogens with zero attached hydrogens (tertiary/aromatic N) is 3. The van der Waals surface area contributed by atoms with Crippen LogP contribution in [0.3, 0.4) is 0 Å². The predicted octanol–water partition coefficient (Wildman–Crippen LogP) is 2.21. The van der Waals surface area contributed by atoms with Crippen molar-refractivity contribution in [1.82, 2.24) is 14.7 Å². The molecule has 1 fully saturated rings. The van der Waals surface area contributed by atoms with Crippen LogP contribution >= 0.6 is 24.8 Å². The summed E-state index contributed by atoms with van der Waals surface area (Å²) >= 11 is 0. The summed E-state index contributed by atoms with van der Waals surface area (Å²) in [5.41, 5.74) is 7.90. The van der Waals surface area contributed by atoms with E-state index in [1.165, 1.54) is 5.56 Å². The van der Waals surface area contributed by atoms with Crippen LogP contribution in [-0.2, 0) is 17.8 Å². The molecule has 0 aliphatic carbocycles. The second kappa shape index (κ2) is 9.00. The smallest absolute Gasteiger partial charge is 0.0898 e. The molecule has 0 radical (unpaired) electrons. The van der Waals surface area contributed by atoms with Gasteiger partial charge in [-0.15, -0.1) is 24.8 Å². The van der Waals surface area contributed by atoms with E-state index < -0.39 is 0 Å². The fraction of sp³-hybridized carbons (Fsp3) is 0.400. The number of morpholine rings is 1. The minimum absolute atomic E-state index is 0. The summed E-state index contributed by atoms with van der Waals surface area (Å²) in [6, 6.07) is 10.0. The van der Waals surface area contributed by atoms with E-state index in [1.807, 2.05) is 35.1 Å². The molecule has 1 aromatic heterocycles. The monoisotopic (exact) mass is 344 g/mol. The first kappa shape index (κ1) is 18.8. The van der Waals surface area contributed by atoms with E-state index in [2.05, 4.69) is 16.1 Å². The number of anilines is 1. The van der Waals surface area contributed by atoms with Crippen molar-refractivity contribution < 1.29 is 4.74 Å². The maximum absolute atomic E-state index is 5.83. The molecule has 122 valence electrons. The van der Waals surface area contributed by atoms with E-state index in [9.17, 15) is 0 Å². The quantitative estimate of drug-likeness (QED) is 0.864. The molecule has 2 aromatic rings. The Morgan fingerprint density at radius 2 is 2.14 bits per heavy atom. The maximum atomic E-state index is 5.83. The molecule has 0 saturated carbocycles. The van der Waals surface area contributed by atoms with Gasteiger partial charge in [0.2, 0.25) is 0 Å². The van der Waals surface area contributed by atoms with Crippen LogP contribution in [-0.4, -0.2) is 40.5 Å². The Morgan fingerprint density at radius 1 is 1.27 bits per heavy atom. The fourth-order valence-corrected chi connectivity index (χ4v) is 2.60. The summed E-state index contributed by atoms with van der Waals surface area (Å²) in [5, 5.41) is 4.23. The normalized spacial score (nSPS) is 18.3. The van der Waals surface area contributed by atoms with Crippen molar-refractivity contribution in [2.75, 3.05) is 25.4 Å². The second-order valence-electron chi connectivity index (χ2n) is 5.20. The fourth-order valence-electron chi connectivity index (χ4n) is 2.60. The van der Waals surface area contributed by atoms with Crippen molar-refractivity contribution in [2.45, 2.75) is 19.2 Å². The molecule has 2 N–H and O–H groups in total. The van der Waals surface area contributed by atoms with Gasteiger partial charge >= 0.3 is 0 Å². The number of hydrogen-bond acceptors (Lipinski definition) is 4. The highest BCUT2D eigenvalue weighted by Gasteiger charge is 2.21. The third kappa shape index (κ3) is 5.18. The first-order valence-electron chi connectivity index (χ1n) is 6.95. The molecule has 1 aromatic carbocycles. The SMILES string of the molecule is Cl.Cl.Nc1cccc(CN2CCOC(Cn3cccn3)C2)c1. The highest BCUT2D eigenvalue weighted by Crippen LogP contribution is 2.13. The number of rotatable bonds is 4. The lowest BCUT2D eigenvalue weighted by Crippen LogP contribution is -2.43. The van der Waals surface area contributed by atoms with Crippen LogP contribution in [0.4, 0.5) is 5.69 Å². The molecule has 7 heteroatoms.